The third kappa shape index (κ3) is 4.42. The van der Waals surface area contributed by atoms with Gasteiger partial charge in [-0.1, -0.05) is 18.2 Å². The lowest BCUT2D eigenvalue weighted by atomic mass is 10.1. The maximum Gasteiger partial charge on any atom is 0.416 e. The molecule has 1 heterocycles. The van der Waals surface area contributed by atoms with Crippen molar-refractivity contribution >= 4 is 28.3 Å². The van der Waals surface area contributed by atoms with E-state index in [4.69, 9.17) is 4.74 Å². The smallest absolute Gasteiger partial charge is 0.416 e. The van der Waals surface area contributed by atoms with Crippen molar-refractivity contribution in [2.75, 3.05) is 5.32 Å². The summed E-state index contributed by atoms with van der Waals surface area (Å²) in [5.74, 6) is -1.68. The number of carbonyl (C=O) groups excluding carboxylic acids is 2. The van der Waals surface area contributed by atoms with Crippen LogP contribution in [-0.4, -0.2) is 28.2 Å². The van der Waals surface area contributed by atoms with Gasteiger partial charge < -0.3 is 10.1 Å². The summed E-state index contributed by atoms with van der Waals surface area (Å²) in [5.41, 5.74) is -1.40. The lowest BCUT2D eigenvalue weighted by Gasteiger charge is -2.14. The SMILES string of the molecule is CC(OC(=O)c1n[nH]c(=O)c2ccccc12)C(=O)Nc1ccc(C(F)(F)F)cc1. The lowest BCUT2D eigenvalue weighted by molar-refractivity contribution is -0.137. The molecule has 2 aromatic carbocycles. The number of fused-ring (bicyclic) bond motifs is 1. The highest BCUT2D eigenvalue weighted by atomic mass is 19.4. The maximum atomic E-state index is 12.6. The van der Waals surface area contributed by atoms with E-state index in [-0.39, 0.29) is 22.2 Å². The predicted octanol–water partition coefficient (Wildman–Crippen LogP) is 3.13. The number of anilines is 1. The van der Waals surface area contributed by atoms with E-state index in [1.807, 2.05) is 0 Å². The Morgan fingerprint density at radius 3 is 2.31 bits per heavy atom. The van der Waals surface area contributed by atoms with Gasteiger partial charge in [-0.15, -0.1) is 0 Å². The number of benzene rings is 2. The highest BCUT2D eigenvalue weighted by Gasteiger charge is 2.30. The van der Waals surface area contributed by atoms with E-state index in [0.717, 1.165) is 24.3 Å². The Labute approximate surface area is 161 Å². The number of halogens is 3. The molecule has 1 amide bonds. The predicted molar refractivity (Wildman–Crippen MR) is 97.3 cm³/mol. The molecule has 0 aliphatic heterocycles. The molecule has 3 rings (SSSR count). The number of nitrogens with zero attached hydrogens (tertiary/aromatic N) is 1. The number of alkyl halides is 3. The molecule has 10 heteroatoms. The van der Waals surface area contributed by atoms with Gasteiger partial charge in [-0.05, 0) is 37.3 Å². The number of H-pyrrole nitrogens is 1. The number of rotatable bonds is 4. The van der Waals surface area contributed by atoms with E-state index in [2.05, 4.69) is 15.5 Å². The fourth-order valence-electron chi connectivity index (χ4n) is 2.53. The number of carbonyl (C=O) groups is 2. The number of esters is 1. The zero-order valence-electron chi connectivity index (χ0n) is 14.9. The second-order valence-electron chi connectivity index (χ2n) is 6.06. The molecule has 0 aliphatic rings. The Morgan fingerprint density at radius 2 is 1.69 bits per heavy atom. The molecule has 0 aliphatic carbocycles. The van der Waals surface area contributed by atoms with Crippen LogP contribution in [0.1, 0.15) is 23.0 Å². The molecule has 3 aromatic rings. The van der Waals surface area contributed by atoms with Crippen molar-refractivity contribution in [1.82, 2.24) is 10.2 Å². The van der Waals surface area contributed by atoms with E-state index >= 15 is 0 Å². The van der Waals surface area contributed by atoms with Gasteiger partial charge in [0.05, 0.1) is 10.9 Å². The normalized spacial score (nSPS) is 12.4. The summed E-state index contributed by atoms with van der Waals surface area (Å²) in [6.07, 6.45) is -5.75. The van der Waals surface area contributed by atoms with Gasteiger partial charge in [-0.25, -0.2) is 9.89 Å². The molecular weight excluding hydrogens is 391 g/mol. The summed E-state index contributed by atoms with van der Waals surface area (Å²) < 4.78 is 42.8. The average molecular weight is 405 g/mol. The first-order valence-corrected chi connectivity index (χ1v) is 8.33. The molecule has 0 fully saturated rings. The summed E-state index contributed by atoms with van der Waals surface area (Å²) in [7, 11) is 0. The highest BCUT2D eigenvalue weighted by Crippen LogP contribution is 2.29. The zero-order chi connectivity index (χ0) is 21.2. The van der Waals surface area contributed by atoms with E-state index in [0.29, 0.717) is 0 Å². The molecule has 0 saturated carbocycles. The van der Waals surface area contributed by atoms with Crippen LogP contribution in [0.5, 0.6) is 0 Å². The van der Waals surface area contributed by atoms with Gasteiger partial charge >= 0.3 is 12.1 Å². The molecule has 1 unspecified atom stereocenters. The van der Waals surface area contributed by atoms with Crippen LogP contribution in [0.4, 0.5) is 18.9 Å². The fourth-order valence-corrected chi connectivity index (χ4v) is 2.53. The molecule has 7 nitrogen and oxygen atoms in total. The van der Waals surface area contributed by atoms with Gasteiger partial charge in [0.15, 0.2) is 11.8 Å². The Balaban J connectivity index is 1.71. The van der Waals surface area contributed by atoms with E-state index in [1.54, 1.807) is 12.1 Å². The van der Waals surface area contributed by atoms with Gasteiger partial charge in [0.25, 0.3) is 11.5 Å². The Hall–Kier alpha value is -3.69. The van der Waals surface area contributed by atoms with Gasteiger partial charge in [-0.2, -0.15) is 18.3 Å². The fraction of sp³-hybridized carbons (Fsp3) is 0.158. The molecule has 29 heavy (non-hydrogen) atoms. The van der Waals surface area contributed by atoms with Crippen LogP contribution in [0.3, 0.4) is 0 Å². The highest BCUT2D eigenvalue weighted by molar-refractivity contribution is 6.03. The van der Waals surface area contributed by atoms with Crippen molar-refractivity contribution in [2.24, 2.45) is 0 Å². The molecule has 0 saturated heterocycles. The van der Waals surface area contributed by atoms with Crippen LogP contribution in [0.25, 0.3) is 10.8 Å². The van der Waals surface area contributed by atoms with Gasteiger partial charge in [0.1, 0.15) is 0 Å². The summed E-state index contributed by atoms with van der Waals surface area (Å²) in [5, 5.41) is 8.72. The number of nitrogens with one attached hydrogen (secondary N) is 2. The minimum atomic E-state index is -4.49. The van der Waals surface area contributed by atoms with Gasteiger partial charge in [0, 0.05) is 11.1 Å². The monoisotopic (exact) mass is 405 g/mol. The van der Waals surface area contributed by atoms with Crippen LogP contribution >= 0.6 is 0 Å². The van der Waals surface area contributed by atoms with Gasteiger partial charge in [0.2, 0.25) is 0 Å². The topological polar surface area (TPSA) is 101 Å². The van der Waals surface area contributed by atoms with Crippen LogP contribution in [0, 0.1) is 0 Å². The molecule has 0 spiro atoms. The largest absolute Gasteiger partial charge is 0.448 e. The number of aromatic amines is 1. The first kappa shape index (κ1) is 20.1. The third-order valence-electron chi connectivity index (χ3n) is 4.02. The molecule has 0 radical (unpaired) electrons. The summed E-state index contributed by atoms with van der Waals surface area (Å²) in [6, 6.07) is 10.1. The van der Waals surface area contributed by atoms with Crippen LogP contribution in [0.15, 0.2) is 53.3 Å². The number of amides is 1. The Bertz CT molecular complexity index is 1120. The van der Waals surface area contributed by atoms with Crippen molar-refractivity contribution in [1.29, 1.82) is 0 Å². The molecule has 0 bridgehead atoms. The summed E-state index contributed by atoms with van der Waals surface area (Å²) in [6.45, 7) is 1.30. The number of aromatic nitrogens is 2. The average Bonchev–Trinajstić information content (AvgIpc) is 2.68. The van der Waals surface area contributed by atoms with E-state index in [1.165, 1.54) is 19.1 Å². The standard InChI is InChI=1S/C19H14F3N3O4/c1-10(16(26)23-12-8-6-11(7-9-12)19(20,21)22)29-18(28)15-13-4-2-3-5-14(13)17(27)25-24-15/h2-10H,1H3,(H,23,26)(H,25,27). The molecule has 2 N–H and O–H groups in total. The second-order valence-corrected chi connectivity index (χ2v) is 6.06. The number of ether oxygens (including phenoxy) is 1. The minimum Gasteiger partial charge on any atom is -0.448 e. The summed E-state index contributed by atoms with van der Waals surface area (Å²) in [4.78, 5) is 36.3. The van der Waals surface area contributed by atoms with Crippen molar-refractivity contribution in [3.8, 4) is 0 Å². The first-order valence-electron chi connectivity index (χ1n) is 8.33. The van der Waals surface area contributed by atoms with Crippen LogP contribution in [0.2, 0.25) is 0 Å². The quantitative estimate of drug-likeness (QED) is 0.650. The Morgan fingerprint density at radius 1 is 1.07 bits per heavy atom. The second kappa shape index (κ2) is 7.74. The summed E-state index contributed by atoms with van der Waals surface area (Å²) >= 11 is 0. The van der Waals surface area contributed by atoms with Crippen LogP contribution in [-0.2, 0) is 15.7 Å². The number of hydrogen-bond donors (Lipinski definition) is 2. The van der Waals surface area contributed by atoms with Crippen molar-refractivity contribution in [2.45, 2.75) is 19.2 Å². The van der Waals surface area contributed by atoms with Crippen LogP contribution < -0.4 is 10.9 Å². The van der Waals surface area contributed by atoms with E-state index in [9.17, 15) is 27.6 Å². The maximum absolute atomic E-state index is 12.6. The van der Waals surface area contributed by atoms with Crippen molar-refractivity contribution in [3.05, 3.63) is 70.1 Å². The molecule has 1 aromatic heterocycles. The number of hydrogen-bond acceptors (Lipinski definition) is 5. The molecular formula is C19H14F3N3O4. The lowest BCUT2D eigenvalue weighted by Crippen LogP contribution is -2.30. The van der Waals surface area contributed by atoms with Crippen molar-refractivity contribution in [3.63, 3.8) is 0 Å². The van der Waals surface area contributed by atoms with E-state index < -0.39 is 35.3 Å². The van der Waals surface area contributed by atoms with Crippen molar-refractivity contribution < 1.29 is 27.5 Å². The zero-order valence-corrected chi connectivity index (χ0v) is 14.9. The first-order chi connectivity index (χ1) is 13.7. The van der Waals surface area contributed by atoms with Gasteiger partial charge in [-0.3, -0.25) is 9.59 Å². The molecule has 150 valence electrons. The minimum absolute atomic E-state index is 0.110. The molecule has 1 atom stereocenters. The third-order valence-corrected chi connectivity index (χ3v) is 4.02. The Kier molecular flexibility index (Phi) is 5.35.